The molecule has 1 N–H and O–H groups in total. The number of nitrogens with one attached hydrogen (secondary N) is 1. The lowest BCUT2D eigenvalue weighted by molar-refractivity contribution is -0.113. The standard InChI is InChI=1S/C23H25NO3S/c1-14(2)18-7-5-6-8-20(18)24-22(25)13-28-12-17-11-23(26)27-21-10-16(4)15(3)9-19(17)21/h5-11,14H,12-13H2,1-4H3,(H,24,25). The van der Waals surface area contributed by atoms with Crippen LogP contribution in [0.25, 0.3) is 11.0 Å². The van der Waals surface area contributed by atoms with Crippen LogP contribution in [0.3, 0.4) is 0 Å². The monoisotopic (exact) mass is 395 g/mol. The number of para-hydroxylation sites is 1. The van der Waals surface area contributed by atoms with E-state index in [0.717, 1.165) is 33.3 Å². The molecule has 1 amide bonds. The van der Waals surface area contributed by atoms with Crippen LogP contribution in [0.15, 0.2) is 51.7 Å². The van der Waals surface area contributed by atoms with E-state index in [4.69, 9.17) is 4.42 Å². The van der Waals surface area contributed by atoms with Crippen molar-refractivity contribution in [3.8, 4) is 0 Å². The van der Waals surface area contributed by atoms with E-state index in [1.165, 1.54) is 17.8 Å². The second-order valence-electron chi connectivity index (χ2n) is 7.31. The highest BCUT2D eigenvalue weighted by molar-refractivity contribution is 7.99. The lowest BCUT2D eigenvalue weighted by atomic mass is 10.0. The molecule has 0 aliphatic heterocycles. The van der Waals surface area contributed by atoms with E-state index in [2.05, 4.69) is 19.2 Å². The Balaban J connectivity index is 1.69. The predicted octanol–water partition coefficient (Wildman–Crippen LogP) is 5.41. The van der Waals surface area contributed by atoms with Gasteiger partial charge in [0, 0.05) is 22.9 Å². The lowest BCUT2D eigenvalue weighted by Gasteiger charge is -2.13. The summed E-state index contributed by atoms with van der Waals surface area (Å²) in [5.41, 5.74) is 5.36. The molecular formula is C23H25NO3S. The molecule has 4 nitrogen and oxygen atoms in total. The van der Waals surface area contributed by atoms with Gasteiger partial charge >= 0.3 is 5.63 Å². The van der Waals surface area contributed by atoms with E-state index < -0.39 is 0 Å². The number of rotatable bonds is 6. The maximum atomic E-state index is 12.4. The first kappa shape index (κ1) is 20.2. The maximum absolute atomic E-state index is 12.4. The Morgan fingerprint density at radius 2 is 1.82 bits per heavy atom. The summed E-state index contributed by atoms with van der Waals surface area (Å²) < 4.78 is 5.34. The molecule has 1 heterocycles. The minimum atomic E-state index is -0.360. The van der Waals surface area contributed by atoms with Crippen LogP contribution in [0.1, 0.15) is 42.0 Å². The number of carbonyl (C=O) groups is 1. The van der Waals surface area contributed by atoms with E-state index in [1.807, 2.05) is 50.2 Å². The van der Waals surface area contributed by atoms with Gasteiger partial charge in [-0.1, -0.05) is 32.0 Å². The minimum absolute atomic E-state index is 0.0441. The summed E-state index contributed by atoms with van der Waals surface area (Å²) in [4.78, 5) is 24.3. The third-order valence-corrected chi connectivity index (χ3v) is 5.77. The van der Waals surface area contributed by atoms with Crippen LogP contribution in [0, 0.1) is 13.8 Å². The Morgan fingerprint density at radius 3 is 2.57 bits per heavy atom. The Hall–Kier alpha value is -2.53. The number of amides is 1. The molecule has 0 fully saturated rings. The molecule has 0 unspecified atom stereocenters. The third-order valence-electron chi connectivity index (χ3n) is 4.79. The average Bonchev–Trinajstić information content (AvgIpc) is 2.63. The molecule has 0 bridgehead atoms. The van der Waals surface area contributed by atoms with Crippen LogP contribution in [0.4, 0.5) is 5.69 Å². The fraction of sp³-hybridized carbons (Fsp3) is 0.304. The molecular weight excluding hydrogens is 370 g/mol. The first-order valence-corrected chi connectivity index (χ1v) is 10.5. The molecule has 0 saturated heterocycles. The summed E-state index contributed by atoms with van der Waals surface area (Å²) in [5, 5.41) is 3.93. The van der Waals surface area contributed by atoms with Crippen LogP contribution in [-0.4, -0.2) is 11.7 Å². The summed E-state index contributed by atoms with van der Waals surface area (Å²) in [6, 6.07) is 13.3. The van der Waals surface area contributed by atoms with Gasteiger partial charge in [0.25, 0.3) is 0 Å². The summed E-state index contributed by atoms with van der Waals surface area (Å²) in [5.74, 6) is 1.19. The van der Waals surface area contributed by atoms with Crippen molar-refractivity contribution in [2.24, 2.45) is 0 Å². The zero-order chi connectivity index (χ0) is 20.3. The lowest BCUT2D eigenvalue weighted by Crippen LogP contribution is -2.15. The van der Waals surface area contributed by atoms with Crippen molar-refractivity contribution in [2.75, 3.05) is 11.1 Å². The smallest absolute Gasteiger partial charge is 0.336 e. The van der Waals surface area contributed by atoms with Crippen LogP contribution in [0.2, 0.25) is 0 Å². The number of fused-ring (bicyclic) bond motifs is 1. The molecule has 0 aliphatic carbocycles. The molecule has 0 aliphatic rings. The van der Waals surface area contributed by atoms with Gasteiger partial charge in [0.1, 0.15) is 5.58 Å². The number of aryl methyl sites for hydroxylation is 2. The van der Waals surface area contributed by atoms with E-state index in [0.29, 0.717) is 23.0 Å². The van der Waals surface area contributed by atoms with Gasteiger partial charge in [0.15, 0.2) is 0 Å². The highest BCUT2D eigenvalue weighted by Crippen LogP contribution is 2.26. The number of hydrogen-bond donors (Lipinski definition) is 1. The topological polar surface area (TPSA) is 59.3 Å². The van der Waals surface area contributed by atoms with Gasteiger partial charge in [-0.2, -0.15) is 0 Å². The van der Waals surface area contributed by atoms with E-state index in [9.17, 15) is 9.59 Å². The number of benzene rings is 2. The highest BCUT2D eigenvalue weighted by atomic mass is 32.2. The molecule has 146 valence electrons. The molecule has 28 heavy (non-hydrogen) atoms. The van der Waals surface area contributed by atoms with Gasteiger partial charge in [-0.25, -0.2) is 4.79 Å². The molecule has 3 rings (SSSR count). The molecule has 0 radical (unpaired) electrons. The zero-order valence-corrected chi connectivity index (χ0v) is 17.5. The number of carbonyl (C=O) groups excluding carboxylic acids is 1. The van der Waals surface area contributed by atoms with Gasteiger partial charge < -0.3 is 9.73 Å². The van der Waals surface area contributed by atoms with Crippen LogP contribution >= 0.6 is 11.8 Å². The summed E-state index contributed by atoms with van der Waals surface area (Å²) in [7, 11) is 0. The fourth-order valence-corrected chi connectivity index (χ4v) is 3.97. The van der Waals surface area contributed by atoms with Gasteiger partial charge in [-0.05, 0) is 60.2 Å². The minimum Gasteiger partial charge on any atom is -0.423 e. The van der Waals surface area contributed by atoms with Crippen LogP contribution < -0.4 is 10.9 Å². The third kappa shape index (κ3) is 4.65. The van der Waals surface area contributed by atoms with Crippen molar-refractivity contribution in [1.29, 1.82) is 0 Å². The normalized spacial score (nSPS) is 11.2. The molecule has 5 heteroatoms. The Labute approximate surface area is 169 Å². The fourth-order valence-electron chi connectivity index (χ4n) is 3.16. The molecule has 2 aromatic carbocycles. The quantitative estimate of drug-likeness (QED) is 0.567. The van der Waals surface area contributed by atoms with Crippen molar-refractivity contribution in [1.82, 2.24) is 0 Å². The van der Waals surface area contributed by atoms with Crippen molar-refractivity contribution >= 4 is 34.3 Å². The molecule has 0 atom stereocenters. The van der Waals surface area contributed by atoms with Crippen molar-refractivity contribution < 1.29 is 9.21 Å². The second kappa shape index (κ2) is 8.65. The second-order valence-corrected chi connectivity index (χ2v) is 8.29. The van der Waals surface area contributed by atoms with Gasteiger partial charge in [-0.15, -0.1) is 11.8 Å². The Bertz CT molecular complexity index is 1070. The summed E-state index contributed by atoms with van der Waals surface area (Å²) in [6.45, 7) is 8.25. The first-order valence-electron chi connectivity index (χ1n) is 9.35. The van der Waals surface area contributed by atoms with Crippen molar-refractivity contribution in [3.05, 3.63) is 75.1 Å². The summed E-state index contributed by atoms with van der Waals surface area (Å²) >= 11 is 1.49. The highest BCUT2D eigenvalue weighted by Gasteiger charge is 2.11. The zero-order valence-electron chi connectivity index (χ0n) is 16.7. The van der Waals surface area contributed by atoms with E-state index in [-0.39, 0.29) is 11.5 Å². The van der Waals surface area contributed by atoms with Crippen LogP contribution in [-0.2, 0) is 10.5 Å². The molecule has 3 aromatic rings. The average molecular weight is 396 g/mol. The molecule has 0 spiro atoms. The number of thioether (sulfide) groups is 1. The summed E-state index contributed by atoms with van der Waals surface area (Å²) in [6.07, 6.45) is 0. The van der Waals surface area contributed by atoms with E-state index in [1.54, 1.807) is 0 Å². The Kier molecular flexibility index (Phi) is 6.25. The molecule has 1 aromatic heterocycles. The first-order chi connectivity index (χ1) is 13.3. The Morgan fingerprint density at radius 1 is 1.11 bits per heavy atom. The van der Waals surface area contributed by atoms with Crippen molar-refractivity contribution in [2.45, 2.75) is 39.4 Å². The van der Waals surface area contributed by atoms with Gasteiger partial charge in [0.05, 0.1) is 5.75 Å². The molecule has 0 saturated carbocycles. The predicted molar refractivity (Wildman–Crippen MR) is 117 cm³/mol. The van der Waals surface area contributed by atoms with Gasteiger partial charge in [-0.3, -0.25) is 4.79 Å². The van der Waals surface area contributed by atoms with Gasteiger partial charge in [0.2, 0.25) is 5.91 Å². The van der Waals surface area contributed by atoms with E-state index >= 15 is 0 Å². The van der Waals surface area contributed by atoms with Crippen LogP contribution in [0.5, 0.6) is 0 Å². The largest absolute Gasteiger partial charge is 0.423 e. The number of anilines is 1. The van der Waals surface area contributed by atoms with Crippen molar-refractivity contribution in [3.63, 3.8) is 0 Å². The number of hydrogen-bond acceptors (Lipinski definition) is 4. The SMILES string of the molecule is Cc1cc2oc(=O)cc(CSCC(=O)Nc3ccccc3C(C)C)c2cc1C. The maximum Gasteiger partial charge on any atom is 0.336 e.